The van der Waals surface area contributed by atoms with Gasteiger partial charge in [0.2, 0.25) is 0 Å². The average Bonchev–Trinajstić information content (AvgIpc) is 2.90. The van der Waals surface area contributed by atoms with E-state index >= 15 is 0 Å². The maximum absolute atomic E-state index is 12.9. The highest BCUT2D eigenvalue weighted by molar-refractivity contribution is 9.10. The summed E-state index contributed by atoms with van der Waals surface area (Å²) in [6, 6.07) is 18.9. The Morgan fingerprint density at radius 1 is 1.04 bits per heavy atom. The minimum absolute atomic E-state index is 0.0833. The van der Waals surface area contributed by atoms with Gasteiger partial charge in [0.05, 0.1) is 5.02 Å². The Morgan fingerprint density at radius 2 is 1.80 bits per heavy atom. The molecule has 124 valence electrons. The van der Waals surface area contributed by atoms with Crippen molar-refractivity contribution in [2.45, 2.75) is 6.17 Å². The second-order valence-electron chi connectivity index (χ2n) is 5.65. The monoisotopic (exact) mass is 413 g/mol. The van der Waals surface area contributed by atoms with E-state index in [1.807, 2.05) is 48.5 Å². The maximum atomic E-state index is 12.9. The number of amides is 1. The third kappa shape index (κ3) is 3.01. The third-order valence-corrected chi connectivity index (χ3v) is 4.82. The fourth-order valence-corrected chi connectivity index (χ4v) is 3.29. The first-order valence-corrected chi connectivity index (χ1v) is 8.87. The molecule has 1 aliphatic rings. The number of carbonyl (C=O) groups is 1. The quantitative estimate of drug-likeness (QED) is 0.635. The minimum atomic E-state index is -0.335. The molecule has 25 heavy (non-hydrogen) atoms. The van der Waals surface area contributed by atoms with Crippen LogP contribution in [0.2, 0.25) is 5.02 Å². The van der Waals surface area contributed by atoms with Crippen LogP contribution in [0.3, 0.4) is 0 Å². The van der Waals surface area contributed by atoms with Gasteiger partial charge in [-0.15, -0.1) is 0 Å². The lowest BCUT2D eigenvalue weighted by molar-refractivity contribution is 0.0992. The second-order valence-corrected chi connectivity index (χ2v) is 7.00. The molecule has 2 heterocycles. The summed E-state index contributed by atoms with van der Waals surface area (Å²) in [4.78, 5) is 18.9. The lowest BCUT2D eigenvalue weighted by atomic mass is 10.1. The molecule has 1 amide bonds. The number of rotatable bonds is 3. The molecule has 1 aliphatic heterocycles. The van der Waals surface area contributed by atoms with Crippen LogP contribution in [0.15, 0.2) is 71.3 Å². The van der Waals surface area contributed by atoms with Crippen LogP contribution >= 0.6 is 27.5 Å². The zero-order valence-corrected chi connectivity index (χ0v) is 15.3. The van der Waals surface area contributed by atoms with Crippen LogP contribution in [0.1, 0.15) is 22.1 Å². The molecule has 1 aromatic heterocycles. The van der Waals surface area contributed by atoms with Crippen LogP contribution < -0.4 is 10.2 Å². The SMILES string of the molecule is O=C1c2ccccc2[C@@H](Nc2ccc(Br)cc2)N1c1ccc(Cl)cn1. The zero-order valence-electron chi connectivity index (χ0n) is 13.0. The summed E-state index contributed by atoms with van der Waals surface area (Å²) in [6.07, 6.45) is 1.21. The lowest BCUT2D eigenvalue weighted by Crippen LogP contribution is -2.32. The molecule has 0 aliphatic carbocycles. The van der Waals surface area contributed by atoms with Gasteiger partial charge in [0.25, 0.3) is 5.91 Å². The summed E-state index contributed by atoms with van der Waals surface area (Å²) in [7, 11) is 0. The Hall–Kier alpha value is -2.37. The second kappa shape index (κ2) is 6.50. The van der Waals surface area contributed by atoms with Gasteiger partial charge in [-0.1, -0.05) is 45.7 Å². The van der Waals surface area contributed by atoms with Gasteiger partial charge < -0.3 is 5.32 Å². The van der Waals surface area contributed by atoms with Crippen LogP contribution in [0, 0.1) is 0 Å². The van der Waals surface area contributed by atoms with E-state index in [1.54, 1.807) is 23.2 Å². The number of hydrogen-bond donors (Lipinski definition) is 1. The van der Waals surface area contributed by atoms with Crippen LogP contribution in [-0.4, -0.2) is 10.9 Å². The topological polar surface area (TPSA) is 45.2 Å². The molecule has 2 aromatic carbocycles. The number of anilines is 2. The number of nitrogens with zero attached hydrogens (tertiary/aromatic N) is 2. The molecule has 0 saturated carbocycles. The summed E-state index contributed by atoms with van der Waals surface area (Å²) in [5.74, 6) is 0.472. The molecule has 0 fully saturated rings. The van der Waals surface area contributed by atoms with Gasteiger partial charge in [0.1, 0.15) is 12.0 Å². The predicted molar refractivity (Wildman–Crippen MR) is 103 cm³/mol. The van der Waals surface area contributed by atoms with E-state index in [-0.39, 0.29) is 12.1 Å². The number of halogens is 2. The van der Waals surface area contributed by atoms with Crippen LogP contribution in [0.4, 0.5) is 11.5 Å². The van der Waals surface area contributed by atoms with E-state index in [1.165, 1.54) is 0 Å². The van der Waals surface area contributed by atoms with Gasteiger partial charge in [-0.25, -0.2) is 4.98 Å². The molecular formula is C19H13BrClN3O. The maximum Gasteiger partial charge on any atom is 0.261 e. The molecule has 0 bridgehead atoms. The van der Waals surface area contributed by atoms with E-state index in [0.29, 0.717) is 16.4 Å². The number of carbonyl (C=O) groups excluding carboxylic acids is 1. The Labute approximate surface area is 158 Å². The Balaban J connectivity index is 1.77. The minimum Gasteiger partial charge on any atom is -0.361 e. The molecule has 6 heteroatoms. The molecule has 1 atom stereocenters. The third-order valence-electron chi connectivity index (χ3n) is 4.07. The zero-order chi connectivity index (χ0) is 17.4. The number of nitrogens with one attached hydrogen (secondary N) is 1. The molecule has 3 aromatic rings. The van der Waals surface area contributed by atoms with E-state index in [2.05, 4.69) is 26.2 Å². The first-order chi connectivity index (χ1) is 12.1. The van der Waals surface area contributed by atoms with E-state index < -0.39 is 0 Å². The molecule has 0 radical (unpaired) electrons. The summed E-state index contributed by atoms with van der Waals surface area (Å²) in [5.41, 5.74) is 2.51. The highest BCUT2D eigenvalue weighted by Gasteiger charge is 2.38. The first kappa shape index (κ1) is 16.1. The number of aromatic nitrogens is 1. The van der Waals surface area contributed by atoms with Gasteiger partial charge >= 0.3 is 0 Å². The van der Waals surface area contributed by atoms with Crippen molar-refractivity contribution in [2.24, 2.45) is 0 Å². The highest BCUT2D eigenvalue weighted by atomic mass is 79.9. The van der Waals surface area contributed by atoms with Crippen molar-refractivity contribution in [3.05, 3.63) is 87.5 Å². The Morgan fingerprint density at radius 3 is 2.52 bits per heavy atom. The van der Waals surface area contributed by atoms with E-state index in [4.69, 9.17) is 11.6 Å². The standard InChI is InChI=1S/C19H13BrClN3O/c20-12-5-8-14(9-6-12)23-18-15-3-1-2-4-16(15)19(25)24(18)17-10-7-13(21)11-22-17/h1-11,18,23H/t18-/m0/s1. The predicted octanol–water partition coefficient (Wildman–Crippen LogP) is 5.27. The van der Waals surface area contributed by atoms with Crippen LogP contribution in [-0.2, 0) is 0 Å². The lowest BCUT2D eigenvalue weighted by Gasteiger charge is -2.26. The van der Waals surface area contributed by atoms with E-state index in [0.717, 1.165) is 15.7 Å². The van der Waals surface area contributed by atoms with Crippen molar-refractivity contribution in [2.75, 3.05) is 10.2 Å². The van der Waals surface area contributed by atoms with Gasteiger partial charge in [-0.2, -0.15) is 0 Å². The van der Waals surface area contributed by atoms with Crippen molar-refractivity contribution in [1.82, 2.24) is 4.98 Å². The number of hydrogen-bond acceptors (Lipinski definition) is 3. The smallest absolute Gasteiger partial charge is 0.261 e. The molecule has 0 unspecified atom stereocenters. The number of benzene rings is 2. The fourth-order valence-electron chi connectivity index (χ4n) is 2.91. The van der Waals surface area contributed by atoms with Gasteiger partial charge in [0, 0.05) is 27.5 Å². The molecule has 0 spiro atoms. The number of pyridine rings is 1. The van der Waals surface area contributed by atoms with Crippen molar-refractivity contribution in [1.29, 1.82) is 0 Å². The van der Waals surface area contributed by atoms with Crippen molar-refractivity contribution >= 4 is 44.9 Å². The highest BCUT2D eigenvalue weighted by Crippen LogP contribution is 2.37. The Kier molecular flexibility index (Phi) is 4.19. The van der Waals surface area contributed by atoms with Crippen LogP contribution in [0.25, 0.3) is 0 Å². The summed E-state index contributed by atoms with van der Waals surface area (Å²) in [6.45, 7) is 0. The molecule has 0 saturated heterocycles. The van der Waals surface area contributed by atoms with E-state index in [9.17, 15) is 4.79 Å². The summed E-state index contributed by atoms with van der Waals surface area (Å²) in [5, 5.41) is 3.96. The van der Waals surface area contributed by atoms with Crippen molar-refractivity contribution in [3.63, 3.8) is 0 Å². The van der Waals surface area contributed by atoms with Crippen LogP contribution in [0.5, 0.6) is 0 Å². The molecular weight excluding hydrogens is 402 g/mol. The van der Waals surface area contributed by atoms with Crippen molar-refractivity contribution < 1.29 is 4.79 Å². The molecule has 1 N–H and O–H groups in total. The largest absolute Gasteiger partial charge is 0.361 e. The average molecular weight is 415 g/mol. The van der Waals surface area contributed by atoms with Gasteiger partial charge in [-0.05, 0) is 42.5 Å². The van der Waals surface area contributed by atoms with Crippen molar-refractivity contribution in [3.8, 4) is 0 Å². The van der Waals surface area contributed by atoms with Gasteiger partial charge in [-0.3, -0.25) is 9.69 Å². The Bertz CT molecular complexity index is 928. The molecule has 4 rings (SSSR count). The summed E-state index contributed by atoms with van der Waals surface area (Å²) >= 11 is 9.37. The number of fused-ring (bicyclic) bond motifs is 1. The first-order valence-electron chi connectivity index (χ1n) is 7.69. The normalized spacial score (nSPS) is 16.0. The summed E-state index contributed by atoms with van der Waals surface area (Å²) < 4.78 is 0.997. The fraction of sp³-hybridized carbons (Fsp3) is 0.0526. The molecule has 4 nitrogen and oxygen atoms in total. The van der Waals surface area contributed by atoms with Gasteiger partial charge in [0.15, 0.2) is 0 Å².